The zero-order valence-corrected chi connectivity index (χ0v) is 9.60. The zero-order valence-electron chi connectivity index (χ0n) is 7.21. The SMILES string of the molecule is Cn1ncnc1SCc1nnsc1Cl. The molecule has 14 heavy (non-hydrogen) atoms. The topological polar surface area (TPSA) is 56.5 Å². The molecule has 0 radical (unpaired) electrons. The van der Waals surface area contributed by atoms with Gasteiger partial charge in [-0.2, -0.15) is 5.10 Å². The van der Waals surface area contributed by atoms with E-state index < -0.39 is 0 Å². The molecule has 0 fully saturated rings. The lowest BCUT2D eigenvalue weighted by molar-refractivity contribution is 0.685. The number of hydrogen-bond acceptors (Lipinski definition) is 6. The first-order valence-corrected chi connectivity index (χ1v) is 5.84. The smallest absolute Gasteiger partial charge is 0.186 e. The molecule has 0 aromatic carbocycles. The van der Waals surface area contributed by atoms with Crippen LogP contribution in [-0.4, -0.2) is 24.4 Å². The lowest BCUT2D eigenvalue weighted by Crippen LogP contribution is -1.93. The van der Waals surface area contributed by atoms with Gasteiger partial charge in [0.1, 0.15) is 16.4 Å². The third-order valence-electron chi connectivity index (χ3n) is 1.52. The summed E-state index contributed by atoms with van der Waals surface area (Å²) in [5, 5.41) is 8.70. The molecule has 0 atom stereocenters. The summed E-state index contributed by atoms with van der Waals surface area (Å²) in [6.45, 7) is 0. The van der Waals surface area contributed by atoms with E-state index >= 15 is 0 Å². The van der Waals surface area contributed by atoms with Crippen LogP contribution in [0.1, 0.15) is 5.69 Å². The molecule has 5 nitrogen and oxygen atoms in total. The molecule has 74 valence electrons. The number of nitrogens with zero attached hydrogens (tertiary/aromatic N) is 5. The second kappa shape index (κ2) is 4.24. The molecule has 2 aromatic rings. The highest BCUT2D eigenvalue weighted by molar-refractivity contribution is 7.98. The van der Waals surface area contributed by atoms with Crippen molar-refractivity contribution in [3.05, 3.63) is 16.4 Å². The second-order valence-electron chi connectivity index (χ2n) is 2.45. The highest BCUT2D eigenvalue weighted by Gasteiger charge is 2.08. The van der Waals surface area contributed by atoms with Crippen LogP contribution in [0.4, 0.5) is 0 Å². The Morgan fingerprint density at radius 3 is 3.07 bits per heavy atom. The predicted octanol–water partition coefficient (Wildman–Crippen LogP) is 1.61. The van der Waals surface area contributed by atoms with Gasteiger partial charge in [0, 0.05) is 24.3 Å². The van der Waals surface area contributed by atoms with Crippen LogP contribution in [0.15, 0.2) is 11.5 Å². The number of aromatic nitrogens is 5. The molecule has 2 aromatic heterocycles. The average molecular weight is 248 g/mol. The molecule has 0 saturated carbocycles. The molecule has 8 heteroatoms. The summed E-state index contributed by atoms with van der Waals surface area (Å²) in [5.74, 6) is 0.669. The van der Waals surface area contributed by atoms with E-state index in [2.05, 4.69) is 19.7 Å². The van der Waals surface area contributed by atoms with Gasteiger partial charge in [0.15, 0.2) is 5.16 Å². The Hall–Kier alpha value is -0.660. The summed E-state index contributed by atoms with van der Waals surface area (Å²) in [5.41, 5.74) is 0.796. The Bertz CT molecular complexity index is 385. The highest BCUT2D eigenvalue weighted by Crippen LogP contribution is 2.25. The lowest BCUT2D eigenvalue weighted by atomic mass is 10.6. The van der Waals surface area contributed by atoms with Crippen LogP contribution in [0.3, 0.4) is 0 Å². The summed E-state index contributed by atoms with van der Waals surface area (Å²) in [7, 11) is 1.84. The Balaban J connectivity index is 2.02. The van der Waals surface area contributed by atoms with Crippen molar-refractivity contribution in [1.29, 1.82) is 0 Å². The molecule has 0 aliphatic carbocycles. The molecule has 0 amide bonds. The van der Waals surface area contributed by atoms with Crippen LogP contribution in [0.5, 0.6) is 0 Å². The van der Waals surface area contributed by atoms with Crippen molar-refractivity contribution in [2.45, 2.75) is 10.9 Å². The number of hydrogen-bond donors (Lipinski definition) is 0. The quantitative estimate of drug-likeness (QED) is 0.772. The number of aryl methyl sites for hydroxylation is 1. The van der Waals surface area contributed by atoms with Gasteiger partial charge in [0.2, 0.25) is 0 Å². The van der Waals surface area contributed by atoms with Crippen molar-refractivity contribution in [2.24, 2.45) is 7.05 Å². The van der Waals surface area contributed by atoms with Crippen LogP contribution >= 0.6 is 34.9 Å². The van der Waals surface area contributed by atoms with Gasteiger partial charge < -0.3 is 0 Å². The number of rotatable bonds is 3. The first-order valence-electron chi connectivity index (χ1n) is 3.71. The molecule has 0 unspecified atom stereocenters. The maximum absolute atomic E-state index is 5.86. The van der Waals surface area contributed by atoms with E-state index in [0.29, 0.717) is 10.1 Å². The fourth-order valence-electron chi connectivity index (χ4n) is 0.832. The van der Waals surface area contributed by atoms with Gasteiger partial charge in [-0.25, -0.2) is 9.67 Å². The fourth-order valence-corrected chi connectivity index (χ4v) is 2.45. The summed E-state index contributed by atoms with van der Waals surface area (Å²) < 4.78 is 6.09. The van der Waals surface area contributed by atoms with Crippen molar-refractivity contribution in [1.82, 2.24) is 24.4 Å². The molecular weight excluding hydrogens is 242 g/mol. The minimum absolute atomic E-state index is 0.639. The van der Waals surface area contributed by atoms with E-state index in [1.54, 1.807) is 4.68 Å². The lowest BCUT2D eigenvalue weighted by Gasteiger charge is -1.96. The van der Waals surface area contributed by atoms with Crippen LogP contribution in [0.25, 0.3) is 0 Å². The second-order valence-corrected chi connectivity index (χ2v) is 4.75. The first-order chi connectivity index (χ1) is 6.77. The normalized spacial score (nSPS) is 10.7. The largest absolute Gasteiger partial charge is 0.244 e. The van der Waals surface area contributed by atoms with Crippen LogP contribution in [0, 0.1) is 0 Å². The fraction of sp³-hybridized carbons (Fsp3) is 0.333. The van der Waals surface area contributed by atoms with E-state index in [-0.39, 0.29) is 0 Å². The van der Waals surface area contributed by atoms with Gasteiger partial charge in [0.05, 0.1) is 0 Å². The summed E-state index contributed by atoms with van der Waals surface area (Å²) >= 11 is 8.59. The van der Waals surface area contributed by atoms with E-state index in [1.807, 2.05) is 7.05 Å². The van der Waals surface area contributed by atoms with E-state index in [9.17, 15) is 0 Å². The average Bonchev–Trinajstić information content (AvgIpc) is 2.72. The van der Waals surface area contributed by atoms with Gasteiger partial charge in [0.25, 0.3) is 0 Å². The van der Waals surface area contributed by atoms with Crippen LogP contribution in [-0.2, 0) is 12.8 Å². The molecule has 0 spiro atoms. The molecule has 2 heterocycles. The Morgan fingerprint density at radius 1 is 1.64 bits per heavy atom. The van der Waals surface area contributed by atoms with Crippen molar-refractivity contribution in [3.8, 4) is 0 Å². The molecule has 0 N–H and O–H groups in total. The number of halogens is 1. The molecular formula is C6H6ClN5S2. The molecule has 0 aliphatic heterocycles. The maximum atomic E-state index is 5.86. The van der Waals surface area contributed by atoms with Crippen LogP contribution in [0.2, 0.25) is 4.34 Å². The van der Waals surface area contributed by atoms with Gasteiger partial charge in [-0.05, 0) is 0 Å². The third-order valence-corrected chi connectivity index (χ3v) is 3.55. The third kappa shape index (κ3) is 2.05. The number of thioether (sulfide) groups is 1. The minimum Gasteiger partial charge on any atom is -0.244 e. The van der Waals surface area contributed by atoms with Gasteiger partial charge in [-0.3, -0.25) is 0 Å². The maximum Gasteiger partial charge on any atom is 0.186 e. The minimum atomic E-state index is 0.639. The van der Waals surface area contributed by atoms with Crippen LogP contribution < -0.4 is 0 Å². The molecule has 0 bridgehead atoms. The van der Waals surface area contributed by atoms with Crippen molar-refractivity contribution in [3.63, 3.8) is 0 Å². The molecule has 0 aliphatic rings. The van der Waals surface area contributed by atoms with E-state index in [1.165, 1.54) is 29.6 Å². The summed E-state index contributed by atoms with van der Waals surface area (Å²) in [6, 6.07) is 0. The first kappa shape index (κ1) is 9.88. The molecule has 0 saturated heterocycles. The van der Waals surface area contributed by atoms with Crippen molar-refractivity contribution in [2.75, 3.05) is 0 Å². The summed E-state index contributed by atoms with van der Waals surface area (Å²) in [4.78, 5) is 4.07. The van der Waals surface area contributed by atoms with Gasteiger partial charge in [-0.1, -0.05) is 27.9 Å². The standard InChI is InChI=1S/C6H6ClN5S2/c1-12-6(8-3-9-12)13-2-4-5(7)14-11-10-4/h3H,2H2,1H3. The molecule has 2 rings (SSSR count). The Labute approximate surface area is 93.7 Å². The van der Waals surface area contributed by atoms with E-state index in [0.717, 1.165) is 10.9 Å². The predicted molar refractivity (Wildman–Crippen MR) is 55.5 cm³/mol. The van der Waals surface area contributed by atoms with E-state index in [4.69, 9.17) is 11.6 Å². The van der Waals surface area contributed by atoms with Gasteiger partial charge >= 0.3 is 0 Å². The monoisotopic (exact) mass is 247 g/mol. The van der Waals surface area contributed by atoms with Crippen molar-refractivity contribution >= 4 is 34.9 Å². The Morgan fingerprint density at radius 2 is 2.50 bits per heavy atom. The zero-order chi connectivity index (χ0) is 9.97. The Kier molecular flexibility index (Phi) is 2.99. The van der Waals surface area contributed by atoms with Crippen molar-refractivity contribution < 1.29 is 0 Å². The summed E-state index contributed by atoms with van der Waals surface area (Å²) in [6.07, 6.45) is 1.52. The van der Waals surface area contributed by atoms with Gasteiger partial charge in [-0.15, -0.1) is 5.10 Å². The highest BCUT2D eigenvalue weighted by atomic mass is 35.5.